The second-order valence-electron chi connectivity index (χ2n) is 6.34. The molecule has 1 aliphatic rings. The van der Waals surface area contributed by atoms with Gasteiger partial charge in [-0.25, -0.2) is 0 Å². The first-order chi connectivity index (χ1) is 11.6. The zero-order chi connectivity index (χ0) is 17.1. The number of ketones is 1. The van der Waals surface area contributed by atoms with E-state index >= 15 is 0 Å². The summed E-state index contributed by atoms with van der Waals surface area (Å²) in [6.07, 6.45) is 1.63. The third-order valence-corrected chi connectivity index (χ3v) is 5.39. The van der Waals surface area contributed by atoms with Crippen LogP contribution in [0.25, 0.3) is 0 Å². The Kier molecular flexibility index (Phi) is 6.94. The SMILES string of the molecule is CCC(=O)c1ccc2c(c1)N(CCCN(C)C)c1ccccc1S2.[Cl-]. The maximum Gasteiger partial charge on any atom is 0.162 e. The fraction of sp³-hybridized carbons (Fsp3) is 0.350. The summed E-state index contributed by atoms with van der Waals surface area (Å²) in [7, 11) is 4.21. The molecular weight excluding hydrogens is 352 g/mol. The molecule has 1 aliphatic heterocycles. The molecule has 0 saturated carbocycles. The Labute approximate surface area is 160 Å². The molecule has 0 aromatic heterocycles. The van der Waals surface area contributed by atoms with Gasteiger partial charge in [0.25, 0.3) is 0 Å². The van der Waals surface area contributed by atoms with Crippen molar-refractivity contribution >= 4 is 28.9 Å². The van der Waals surface area contributed by atoms with Crippen LogP contribution in [0.15, 0.2) is 52.3 Å². The van der Waals surface area contributed by atoms with Gasteiger partial charge < -0.3 is 22.2 Å². The van der Waals surface area contributed by atoms with Gasteiger partial charge in [0, 0.05) is 28.3 Å². The van der Waals surface area contributed by atoms with Gasteiger partial charge in [-0.15, -0.1) is 0 Å². The van der Waals surface area contributed by atoms with Crippen molar-refractivity contribution in [2.75, 3.05) is 32.1 Å². The average molecular weight is 376 g/mol. The molecule has 1 heterocycles. The Morgan fingerprint density at radius 1 is 1.08 bits per heavy atom. The lowest BCUT2D eigenvalue weighted by molar-refractivity contribution is -0.0000126. The Bertz CT molecular complexity index is 748. The van der Waals surface area contributed by atoms with Crippen LogP contribution < -0.4 is 17.3 Å². The summed E-state index contributed by atoms with van der Waals surface area (Å²) in [6.45, 7) is 3.92. The number of fused-ring (bicyclic) bond motifs is 2. The number of anilines is 2. The Morgan fingerprint density at radius 3 is 2.52 bits per heavy atom. The van der Waals surface area contributed by atoms with Crippen LogP contribution in [0.5, 0.6) is 0 Å². The van der Waals surface area contributed by atoms with Gasteiger partial charge in [-0.2, -0.15) is 0 Å². The largest absolute Gasteiger partial charge is 1.00 e. The standard InChI is InChI=1S/C20H24N2OS.ClH/c1-4-18(23)15-10-11-20-17(14-15)22(13-7-12-21(2)3)16-8-5-6-9-19(16)24-20;/h5-6,8-11,14H,4,7,12-13H2,1-3H3;1H/p-1. The van der Waals surface area contributed by atoms with E-state index in [1.165, 1.54) is 15.5 Å². The van der Waals surface area contributed by atoms with Crippen LogP contribution in [-0.4, -0.2) is 37.9 Å². The third-order valence-electron chi connectivity index (χ3n) is 4.26. The van der Waals surface area contributed by atoms with Gasteiger partial charge in [0.2, 0.25) is 0 Å². The van der Waals surface area contributed by atoms with Crippen molar-refractivity contribution < 1.29 is 17.2 Å². The molecule has 0 saturated heterocycles. The van der Waals surface area contributed by atoms with Crippen LogP contribution in [0.4, 0.5) is 11.4 Å². The first-order valence-corrected chi connectivity index (χ1v) is 9.28. The number of benzene rings is 2. The van der Waals surface area contributed by atoms with E-state index in [1.54, 1.807) is 11.8 Å². The number of hydrogen-bond acceptors (Lipinski definition) is 4. The predicted molar refractivity (Wildman–Crippen MR) is 102 cm³/mol. The molecule has 0 bridgehead atoms. The number of carbonyl (C=O) groups is 1. The lowest BCUT2D eigenvalue weighted by Crippen LogP contribution is -3.00. The molecule has 5 heteroatoms. The maximum absolute atomic E-state index is 12.1. The van der Waals surface area contributed by atoms with E-state index in [4.69, 9.17) is 0 Å². The molecule has 25 heavy (non-hydrogen) atoms. The van der Waals surface area contributed by atoms with E-state index in [0.29, 0.717) is 6.42 Å². The molecule has 0 fully saturated rings. The molecule has 0 atom stereocenters. The van der Waals surface area contributed by atoms with Crippen LogP contribution in [0.3, 0.4) is 0 Å². The second-order valence-corrected chi connectivity index (χ2v) is 7.42. The summed E-state index contributed by atoms with van der Waals surface area (Å²) in [4.78, 5) is 19.2. The maximum atomic E-state index is 12.1. The van der Waals surface area contributed by atoms with E-state index in [0.717, 1.165) is 30.8 Å². The van der Waals surface area contributed by atoms with Gasteiger partial charge in [-0.1, -0.05) is 36.9 Å². The highest BCUT2D eigenvalue weighted by Gasteiger charge is 2.23. The fourth-order valence-corrected chi connectivity index (χ4v) is 4.07. The highest BCUT2D eigenvalue weighted by Crippen LogP contribution is 2.48. The van der Waals surface area contributed by atoms with Crippen molar-refractivity contribution in [3.8, 4) is 0 Å². The van der Waals surface area contributed by atoms with Gasteiger partial charge in [0.15, 0.2) is 5.78 Å². The van der Waals surface area contributed by atoms with Crippen LogP contribution in [0.2, 0.25) is 0 Å². The van der Waals surface area contributed by atoms with Crippen molar-refractivity contribution in [1.82, 2.24) is 4.90 Å². The van der Waals surface area contributed by atoms with Gasteiger partial charge in [0.1, 0.15) is 0 Å². The Hall–Kier alpha value is -1.49. The lowest BCUT2D eigenvalue weighted by Gasteiger charge is -2.33. The minimum Gasteiger partial charge on any atom is -1.00 e. The second kappa shape index (κ2) is 8.75. The number of Topliss-reactive ketones (excluding diaryl/α,β-unsaturated/α-hetero) is 1. The molecule has 3 rings (SSSR count). The van der Waals surface area contributed by atoms with Crippen LogP contribution in [0, 0.1) is 0 Å². The van der Waals surface area contributed by atoms with Gasteiger partial charge in [-0.3, -0.25) is 4.79 Å². The fourth-order valence-electron chi connectivity index (χ4n) is 2.99. The topological polar surface area (TPSA) is 23.6 Å². The van der Waals surface area contributed by atoms with E-state index in [9.17, 15) is 4.79 Å². The van der Waals surface area contributed by atoms with E-state index in [1.807, 2.05) is 13.0 Å². The molecule has 134 valence electrons. The molecule has 2 aromatic rings. The smallest absolute Gasteiger partial charge is 0.162 e. The molecule has 0 N–H and O–H groups in total. The number of carbonyl (C=O) groups excluding carboxylic acids is 1. The van der Waals surface area contributed by atoms with Crippen LogP contribution in [0.1, 0.15) is 30.1 Å². The first kappa shape index (κ1) is 19.8. The lowest BCUT2D eigenvalue weighted by atomic mass is 10.1. The Morgan fingerprint density at radius 2 is 1.80 bits per heavy atom. The molecule has 0 amide bonds. The number of para-hydroxylation sites is 1. The number of hydrogen-bond donors (Lipinski definition) is 0. The monoisotopic (exact) mass is 375 g/mol. The molecule has 0 unspecified atom stereocenters. The van der Waals surface area contributed by atoms with Crippen LogP contribution in [-0.2, 0) is 0 Å². The van der Waals surface area contributed by atoms with Gasteiger partial charge >= 0.3 is 0 Å². The molecule has 2 aromatic carbocycles. The molecule has 3 nitrogen and oxygen atoms in total. The molecule has 0 radical (unpaired) electrons. The summed E-state index contributed by atoms with van der Waals surface area (Å²) >= 11 is 1.79. The summed E-state index contributed by atoms with van der Waals surface area (Å²) in [5, 5.41) is 0. The number of halogens is 1. The minimum atomic E-state index is 0. The summed E-state index contributed by atoms with van der Waals surface area (Å²) in [5.74, 6) is 0.204. The third kappa shape index (κ3) is 4.38. The molecule has 0 spiro atoms. The summed E-state index contributed by atoms with van der Waals surface area (Å²) < 4.78 is 0. The van der Waals surface area contributed by atoms with Gasteiger partial charge in [0.05, 0.1) is 11.4 Å². The van der Waals surface area contributed by atoms with E-state index < -0.39 is 0 Å². The minimum absolute atomic E-state index is 0. The van der Waals surface area contributed by atoms with Crippen molar-refractivity contribution in [1.29, 1.82) is 0 Å². The van der Waals surface area contributed by atoms with E-state index in [-0.39, 0.29) is 18.2 Å². The van der Waals surface area contributed by atoms with Crippen molar-refractivity contribution in [2.24, 2.45) is 0 Å². The normalized spacial score (nSPS) is 12.4. The summed E-state index contributed by atoms with van der Waals surface area (Å²) in [6, 6.07) is 14.7. The van der Waals surface area contributed by atoms with Crippen molar-refractivity contribution in [2.45, 2.75) is 29.6 Å². The highest BCUT2D eigenvalue weighted by atomic mass is 35.5. The predicted octanol–water partition coefficient (Wildman–Crippen LogP) is 1.84. The molecule has 0 aliphatic carbocycles. The van der Waals surface area contributed by atoms with E-state index in [2.05, 4.69) is 60.3 Å². The van der Waals surface area contributed by atoms with Crippen LogP contribution >= 0.6 is 11.8 Å². The quantitative estimate of drug-likeness (QED) is 0.719. The van der Waals surface area contributed by atoms with Gasteiger partial charge in [-0.05, 0) is 51.3 Å². The summed E-state index contributed by atoms with van der Waals surface area (Å²) in [5.41, 5.74) is 3.22. The molecular formula is C20H24ClN2OS-. The van der Waals surface area contributed by atoms with Crippen molar-refractivity contribution in [3.05, 3.63) is 48.0 Å². The number of nitrogens with zero attached hydrogens (tertiary/aromatic N) is 2. The van der Waals surface area contributed by atoms with Crippen molar-refractivity contribution in [3.63, 3.8) is 0 Å². The average Bonchev–Trinajstić information content (AvgIpc) is 2.59. The zero-order valence-corrected chi connectivity index (χ0v) is 16.5. The first-order valence-electron chi connectivity index (χ1n) is 8.46. The zero-order valence-electron chi connectivity index (χ0n) is 15.0. The number of rotatable bonds is 6. The Balaban J connectivity index is 0.00000225. The highest BCUT2D eigenvalue weighted by molar-refractivity contribution is 7.99.